The maximum absolute atomic E-state index is 6.00. The monoisotopic (exact) mass is 473 g/mol. The number of aromatic amines is 1. The first-order chi connectivity index (χ1) is 16.8. The van der Waals surface area contributed by atoms with E-state index in [2.05, 4.69) is 62.0 Å². The molecule has 1 aliphatic rings. The summed E-state index contributed by atoms with van der Waals surface area (Å²) < 4.78 is 15.7. The fourth-order valence-electron chi connectivity index (χ4n) is 4.35. The molecule has 180 valence electrons. The topological polar surface area (TPSA) is 121 Å². The molecule has 0 radical (unpaired) electrons. The number of nitrogens with zero attached hydrogens (tertiary/aromatic N) is 7. The van der Waals surface area contributed by atoms with Gasteiger partial charge in [-0.15, -0.1) is 0 Å². The van der Waals surface area contributed by atoms with Gasteiger partial charge in [-0.2, -0.15) is 15.2 Å². The number of H-pyrrole nitrogens is 1. The highest BCUT2D eigenvalue weighted by Gasteiger charge is 2.28. The Morgan fingerprint density at radius 1 is 1.11 bits per heavy atom. The van der Waals surface area contributed by atoms with Crippen molar-refractivity contribution in [2.75, 3.05) is 18.5 Å². The molecule has 5 aromatic rings. The number of anilines is 2. The molecule has 5 aromatic heterocycles. The number of rotatable bonds is 5. The molecule has 0 bridgehead atoms. The second-order valence-corrected chi connectivity index (χ2v) is 9.84. The molecule has 0 amide bonds. The van der Waals surface area contributed by atoms with Crippen molar-refractivity contribution in [1.82, 2.24) is 39.5 Å². The molecule has 35 heavy (non-hydrogen) atoms. The van der Waals surface area contributed by atoms with E-state index in [-0.39, 0.29) is 11.5 Å². The molecule has 6 rings (SSSR count). The van der Waals surface area contributed by atoms with Crippen LogP contribution in [0, 0.1) is 0 Å². The van der Waals surface area contributed by atoms with E-state index < -0.39 is 0 Å². The Kier molecular flexibility index (Phi) is 4.95. The summed E-state index contributed by atoms with van der Waals surface area (Å²) in [5.74, 6) is 2.60. The van der Waals surface area contributed by atoms with E-state index in [1.54, 1.807) is 18.6 Å². The second-order valence-electron chi connectivity index (χ2n) is 9.84. The van der Waals surface area contributed by atoms with Gasteiger partial charge < -0.3 is 19.4 Å². The Morgan fingerprint density at radius 3 is 2.74 bits per heavy atom. The number of fused-ring (bicyclic) bond motifs is 2. The highest BCUT2D eigenvalue weighted by molar-refractivity contribution is 5.77. The Labute approximate surface area is 201 Å². The van der Waals surface area contributed by atoms with Crippen molar-refractivity contribution in [3.63, 3.8) is 0 Å². The first kappa shape index (κ1) is 21.5. The Morgan fingerprint density at radius 2 is 1.94 bits per heavy atom. The fraction of sp³-hybridized carbons (Fsp3) is 0.375. The lowest BCUT2D eigenvalue weighted by molar-refractivity contribution is 0.183. The van der Waals surface area contributed by atoms with Crippen LogP contribution in [0.5, 0.6) is 11.5 Å². The maximum atomic E-state index is 6.00. The summed E-state index contributed by atoms with van der Waals surface area (Å²) in [6.07, 6.45) is 5.98. The summed E-state index contributed by atoms with van der Waals surface area (Å²) in [5.41, 5.74) is 3.27. The number of pyridine rings is 2. The first-order valence-corrected chi connectivity index (χ1v) is 11.6. The van der Waals surface area contributed by atoms with Crippen LogP contribution in [0.25, 0.3) is 22.2 Å². The van der Waals surface area contributed by atoms with Crippen LogP contribution in [0.2, 0.25) is 0 Å². The van der Waals surface area contributed by atoms with Gasteiger partial charge in [-0.25, -0.2) is 9.97 Å². The molecule has 0 unspecified atom stereocenters. The van der Waals surface area contributed by atoms with E-state index >= 15 is 0 Å². The minimum Gasteiger partial charge on any atom is -0.454 e. The molecule has 11 nitrogen and oxygen atoms in total. The van der Waals surface area contributed by atoms with Gasteiger partial charge in [0.15, 0.2) is 17.1 Å². The van der Waals surface area contributed by atoms with Crippen molar-refractivity contribution >= 4 is 34.0 Å². The normalized spacial score (nSPS) is 16.4. The van der Waals surface area contributed by atoms with Gasteiger partial charge in [0.05, 0.1) is 36.8 Å². The minimum absolute atomic E-state index is 0.0516. The van der Waals surface area contributed by atoms with Gasteiger partial charge in [-0.05, 0) is 12.5 Å². The predicted molar refractivity (Wildman–Crippen MR) is 131 cm³/mol. The number of hydrogen-bond acceptors (Lipinski definition) is 8. The van der Waals surface area contributed by atoms with E-state index in [1.165, 1.54) is 0 Å². The summed E-state index contributed by atoms with van der Waals surface area (Å²) in [6.45, 7) is 8.04. The highest BCUT2D eigenvalue weighted by atomic mass is 16.5. The van der Waals surface area contributed by atoms with Crippen LogP contribution in [0.1, 0.15) is 38.9 Å². The van der Waals surface area contributed by atoms with E-state index in [0.717, 1.165) is 35.4 Å². The van der Waals surface area contributed by atoms with Gasteiger partial charge in [-0.1, -0.05) is 20.8 Å². The van der Waals surface area contributed by atoms with Gasteiger partial charge in [0.25, 0.3) is 0 Å². The smallest absolute Gasteiger partial charge is 0.210 e. The highest BCUT2D eigenvalue weighted by Crippen LogP contribution is 2.32. The van der Waals surface area contributed by atoms with Crippen molar-refractivity contribution in [3.8, 4) is 11.5 Å². The summed E-state index contributed by atoms with van der Waals surface area (Å²) >= 11 is 0. The van der Waals surface area contributed by atoms with Gasteiger partial charge >= 0.3 is 0 Å². The average molecular weight is 474 g/mol. The van der Waals surface area contributed by atoms with Crippen LogP contribution in [0.15, 0.2) is 36.8 Å². The van der Waals surface area contributed by atoms with Gasteiger partial charge in [0.1, 0.15) is 11.5 Å². The average Bonchev–Trinajstić information content (AvgIpc) is 3.61. The molecule has 2 N–H and O–H groups in total. The quantitative estimate of drug-likeness (QED) is 0.389. The fourth-order valence-corrected chi connectivity index (χ4v) is 4.35. The van der Waals surface area contributed by atoms with Crippen LogP contribution >= 0.6 is 0 Å². The number of aryl methyl sites for hydroxylation is 1. The molecule has 6 heterocycles. The van der Waals surface area contributed by atoms with Crippen LogP contribution < -0.4 is 10.1 Å². The third kappa shape index (κ3) is 3.97. The molecule has 11 heteroatoms. The SMILES string of the molecule is Cn1c(Nc2cc(C(C)(C)C)n([C@@H]3CCOC3)n2)nc2ncc(Oc3cnc4[nH]ncc4c3)cc21. The van der Waals surface area contributed by atoms with Crippen LogP contribution in [-0.4, -0.2) is 52.7 Å². The van der Waals surface area contributed by atoms with Crippen molar-refractivity contribution in [1.29, 1.82) is 0 Å². The molecule has 0 aromatic carbocycles. The summed E-state index contributed by atoms with van der Waals surface area (Å²) in [4.78, 5) is 13.5. The predicted octanol–water partition coefficient (Wildman–Crippen LogP) is 4.23. The molecule has 1 aliphatic heterocycles. The minimum atomic E-state index is -0.0516. The lowest BCUT2D eigenvalue weighted by Crippen LogP contribution is -2.22. The zero-order chi connectivity index (χ0) is 24.2. The van der Waals surface area contributed by atoms with Crippen molar-refractivity contribution in [3.05, 3.63) is 42.5 Å². The number of hydrogen-bond donors (Lipinski definition) is 2. The van der Waals surface area contributed by atoms with Gasteiger partial charge in [0, 0.05) is 42.3 Å². The zero-order valence-electron chi connectivity index (χ0n) is 20.1. The molecule has 0 aliphatic carbocycles. The third-order valence-corrected chi connectivity index (χ3v) is 6.21. The maximum Gasteiger partial charge on any atom is 0.210 e. The lowest BCUT2D eigenvalue weighted by atomic mass is 9.91. The van der Waals surface area contributed by atoms with E-state index in [4.69, 9.17) is 14.6 Å². The Bertz CT molecular complexity index is 1520. The largest absolute Gasteiger partial charge is 0.454 e. The zero-order valence-corrected chi connectivity index (χ0v) is 20.1. The standard InChI is InChI=1S/C24H27N9O2/c1-24(2,3)19-9-20(31-33(19)15-5-6-34-13-15)28-23-29-22-18(32(23)4)8-17(12-26-22)35-16-7-14-10-27-30-21(14)25-11-16/h7-12,15H,5-6,13H2,1-4H3,(H,25,27,30)(H,26,28,29,31)/t15-/m1/s1. The summed E-state index contributed by atoms with van der Waals surface area (Å²) in [5, 5.41) is 16.0. The number of aromatic nitrogens is 8. The van der Waals surface area contributed by atoms with Gasteiger partial charge in [0.2, 0.25) is 5.95 Å². The van der Waals surface area contributed by atoms with Gasteiger partial charge in [-0.3, -0.25) is 9.78 Å². The second kappa shape index (κ2) is 8.05. The first-order valence-electron chi connectivity index (χ1n) is 11.6. The molecule has 0 saturated carbocycles. The molecular formula is C24H27N9O2. The number of ether oxygens (including phenoxy) is 2. The molecule has 1 fully saturated rings. The third-order valence-electron chi connectivity index (χ3n) is 6.21. The van der Waals surface area contributed by atoms with E-state index in [0.29, 0.717) is 35.3 Å². The Hall–Kier alpha value is -3.99. The van der Waals surface area contributed by atoms with E-state index in [1.807, 2.05) is 23.7 Å². The summed E-state index contributed by atoms with van der Waals surface area (Å²) in [7, 11) is 1.94. The lowest BCUT2D eigenvalue weighted by Gasteiger charge is -2.22. The van der Waals surface area contributed by atoms with E-state index in [9.17, 15) is 0 Å². The molecular weight excluding hydrogens is 446 g/mol. The Balaban J connectivity index is 1.29. The van der Waals surface area contributed by atoms with Crippen molar-refractivity contribution in [2.45, 2.75) is 38.6 Å². The molecule has 1 atom stereocenters. The molecule has 0 spiro atoms. The summed E-state index contributed by atoms with van der Waals surface area (Å²) in [6, 6.07) is 6.14. The van der Waals surface area contributed by atoms with Crippen LogP contribution in [0.3, 0.4) is 0 Å². The number of imidazole rings is 1. The van der Waals surface area contributed by atoms with Crippen molar-refractivity contribution < 1.29 is 9.47 Å². The number of nitrogens with one attached hydrogen (secondary N) is 2. The molecule has 1 saturated heterocycles. The van der Waals surface area contributed by atoms with Crippen molar-refractivity contribution in [2.24, 2.45) is 7.05 Å². The van der Waals surface area contributed by atoms with Crippen LogP contribution in [-0.2, 0) is 17.2 Å². The van der Waals surface area contributed by atoms with Crippen LogP contribution in [0.4, 0.5) is 11.8 Å².